The molecular formula is C14H19Cl2NO2. The first-order valence-electron chi connectivity index (χ1n) is 6.09. The van der Waals surface area contributed by atoms with Crippen molar-refractivity contribution in [1.29, 1.82) is 0 Å². The van der Waals surface area contributed by atoms with Crippen LogP contribution in [0.4, 0.5) is 0 Å². The third-order valence-electron chi connectivity index (χ3n) is 2.42. The Labute approximate surface area is 124 Å². The molecule has 1 N–H and O–H groups in total. The van der Waals surface area contributed by atoms with Gasteiger partial charge in [-0.1, -0.05) is 29.3 Å². The fourth-order valence-corrected chi connectivity index (χ4v) is 1.82. The van der Waals surface area contributed by atoms with Gasteiger partial charge in [0.15, 0.2) is 0 Å². The largest absolute Gasteiger partial charge is 0.459 e. The first kappa shape index (κ1) is 16.3. The fraction of sp³-hybridized carbons (Fsp3) is 0.500. The lowest BCUT2D eigenvalue weighted by atomic mass is 10.1. The number of carbonyl (C=O) groups is 1. The molecular weight excluding hydrogens is 285 g/mol. The zero-order valence-electron chi connectivity index (χ0n) is 11.6. The average Bonchev–Trinajstić information content (AvgIpc) is 2.27. The van der Waals surface area contributed by atoms with Gasteiger partial charge in [-0.15, -0.1) is 0 Å². The number of rotatable bonds is 4. The molecule has 0 amide bonds. The number of esters is 1. The Balaban J connectivity index is 2.53. The van der Waals surface area contributed by atoms with Crippen LogP contribution < -0.4 is 5.32 Å². The van der Waals surface area contributed by atoms with E-state index in [1.54, 1.807) is 12.1 Å². The van der Waals surface area contributed by atoms with E-state index >= 15 is 0 Å². The maximum absolute atomic E-state index is 11.6. The summed E-state index contributed by atoms with van der Waals surface area (Å²) >= 11 is 11.8. The molecule has 5 heteroatoms. The van der Waals surface area contributed by atoms with Gasteiger partial charge in [-0.05, 0) is 45.4 Å². The predicted molar refractivity (Wildman–Crippen MR) is 78.7 cm³/mol. The Morgan fingerprint density at radius 2 is 1.95 bits per heavy atom. The van der Waals surface area contributed by atoms with Crippen LogP contribution in [0, 0.1) is 0 Å². The smallest absolute Gasteiger partial charge is 0.320 e. The van der Waals surface area contributed by atoms with E-state index in [1.807, 2.05) is 33.8 Å². The maximum Gasteiger partial charge on any atom is 0.320 e. The van der Waals surface area contributed by atoms with Gasteiger partial charge >= 0.3 is 5.97 Å². The van der Waals surface area contributed by atoms with E-state index in [4.69, 9.17) is 27.9 Å². The van der Waals surface area contributed by atoms with Crippen molar-refractivity contribution in [1.82, 2.24) is 5.32 Å². The molecule has 0 heterocycles. The number of ether oxygens (including phenoxy) is 1. The SMILES string of the molecule is CC(NCC(=O)OC(C)(C)C)c1ccc(Cl)c(Cl)c1. The van der Waals surface area contributed by atoms with E-state index in [-0.39, 0.29) is 18.6 Å². The van der Waals surface area contributed by atoms with Crippen molar-refractivity contribution in [2.75, 3.05) is 6.54 Å². The van der Waals surface area contributed by atoms with Crippen LogP contribution in [0.15, 0.2) is 18.2 Å². The highest BCUT2D eigenvalue weighted by Gasteiger charge is 2.17. The third kappa shape index (κ3) is 5.81. The van der Waals surface area contributed by atoms with Crippen LogP contribution in [-0.2, 0) is 9.53 Å². The number of benzene rings is 1. The van der Waals surface area contributed by atoms with Crippen LogP contribution in [0.1, 0.15) is 39.3 Å². The van der Waals surface area contributed by atoms with Crippen molar-refractivity contribution in [2.45, 2.75) is 39.3 Å². The third-order valence-corrected chi connectivity index (χ3v) is 3.16. The van der Waals surface area contributed by atoms with E-state index in [1.165, 1.54) is 0 Å². The first-order chi connectivity index (χ1) is 8.69. The van der Waals surface area contributed by atoms with E-state index in [0.717, 1.165) is 5.56 Å². The molecule has 0 aliphatic heterocycles. The lowest BCUT2D eigenvalue weighted by Gasteiger charge is -2.21. The second kappa shape index (κ2) is 6.60. The number of nitrogens with one attached hydrogen (secondary N) is 1. The van der Waals surface area contributed by atoms with Gasteiger partial charge in [-0.2, -0.15) is 0 Å². The molecule has 0 aromatic heterocycles. The van der Waals surface area contributed by atoms with Gasteiger partial charge in [-0.25, -0.2) is 0 Å². The lowest BCUT2D eigenvalue weighted by Crippen LogP contribution is -2.32. The van der Waals surface area contributed by atoms with Crippen molar-refractivity contribution in [2.24, 2.45) is 0 Å². The molecule has 1 atom stereocenters. The first-order valence-corrected chi connectivity index (χ1v) is 6.85. The molecule has 0 saturated carbocycles. The van der Waals surface area contributed by atoms with Gasteiger partial charge in [0.2, 0.25) is 0 Å². The Kier molecular flexibility index (Phi) is 5.65. The summed E-state index contributed by atoms with van der Waals surface area (Å²) in [7, 11) is 0. The van der Waals surface area contributed by atoms with Crippen molar-refractivity contribution >= 4 is 29.2 Å². The van der Waals surface area contributed by atoms with Crippen molar-refractivity contribution in [3.05, 3.63) is 33.8 Å². The molecule has 106 valence electrons. The van der Waals surface area contributed by atoms with Crippen LogP contribution >= 0.6 is 23.2 Å². The van der Waals surface area contributed by atoms with Crippen molar-refractivity contribution < 1.29 is 9.53 Å². The number of hydrogen-bond donors (Lipinski definition) is 1. The molecule has 1 unspecified atom stereocenters. The number of halogens is 2. The highest BCUT2D eigenvalue weighted by atomic mass is 35.5. The summed E-state index contributed by atoms with van der Waals surface area (Å²) in [6, 6.07) is 5.39. The highest BCUT2D eigenvalue weighted by molar-refractivity contribution is 6.42. The number of hydrogen-bond acceptors (Lipinski definition) is 3. The van der Waals surface area contributed by atoms with Gasteiger partial charge in [0, 0.05) is 6.04 Å². The summed E-state index contributed by atoms with van der Waals surface area (Å²) in [6.07, 6.45) is 0. The zero-order valence-corrected chi connectivity index (χ0v) is 13.1. The molecule has 0 fully saturated rings. The minimum absolute atomic E-state index is 0.0118. The van der Waals surface area contributed by atoms with Crippen molar-refractivity contribution in [3.63, 3.8) is 0 Å². The summed E-state index contributed by atoms with van der Waals surface area (Å²) < 4.78 is 5.22. The molecule has 1 aromatic rings. The molecule has 1 aromatic carbocycles. The second-order valence-corrected chi connectivity index (χ2v) is 6.18. The Morgan fingerprint density at radius 3 is 2.47 bits per heavy atom. The normalized spacial score (nSPS) is 13.2. The molecule has 0 aliphatic rings. The minimum Gasteiger partial charge on any atom is -0.459 e. The van der Waals surface area contributed by atoms with Gasteiger partial charge in [0.1, 0.15) is 5.60 Å². The molecule has 0 bridgehead atoms. The monoisotopic (exact) mass is 303 g/mol. The molecule has 3 nitrogen and oxygen atoms in total. The van der Waals surface area contributed by atoms with E-state index in [2.05, 4.69) is 5.32 Å². The van der Waals surface area contributed by atoms with E-state index in [0.29, 0.717) is 10.0 Å². The van der Waals surface area contributed by atoms with Gasteiger partial charge in [-0.3, -0.25) is 4.79 Å². The molecule has 0 saturated heterocycles. The fourth-order valence-electron chi connectivity index (χ4n) is 1.51. The number of carbonyl (C=O) groups excluding carboxylic acids is 1. The molecule has 0 aliphatic carbocycles. The van der Waals surface area contributed by atoms with Crippen LogP contribution in [0.2, 0.25) is 10.0 Å². The standard InChI is InChI=1S/C14H19Cl2NO2/c1-9(10-5-6-11(15)12(16)7-10)17-8-13(18)19-14(2,3)4/h5-7,9,17H,8H2,1-4H3. The minimum atomic E-state index is -0.467. The Hall–Kier alpha value is -0.770. The Bertz CT molecular complexity index is 455. The van der Waals surface area contributed by atoms with Crippen LogP contribution in [-0.4, -0.2) is 18.1 Å². The molecule has 0 radical (unpaired) electrons. The van der Waals surface area contributed by atoms with E-state index in [9.17, 15) is 4.79 Å². The average molecular weight is 304 g/mol. The summed E-state index contributed by atoms with van der Waals surface area (Å²) in [5.74, 6) is -0.278. The maximum atomic E-state index is 11.6. The molecule has 19 heavy (non-hydrogen) atoms. The van der Waals surface area contributed by atoms with E-state index < -0.39 is 5.60 Å². The topological polar surface area (TPSA) is 38.3 Å². The van der Waals surface area contributed by atoms with Gasteiger partial charge in [0.25, 0.3) is 0 Å². The summed E-state index contributed by atoms with van der Waals surface area (Å²) in [4.78, 5) is 11.6. The highest BCUT2D eigenvalue weighted by Crippen LogP contribution is 2.25. The summed E-state index contributed by atoms with van der Waals surface area (Å²) in [6.45, 7) is 7.62. The van der Waals surface area contributed by atoms with Crippen LogP contribution in [0.25, 0.3) is 0 Å². The molecule has 0 spiro atoms. The van der Waals surface area contributed by atoms with Gasteiger partial charge < -0.3 is 10.1 Å². The second-order valence-electron chi connectivity index (χ2n) is 5.36. The summed E-state index contributed by atoms with van der Waals surface area (Å²) in [5, 5.41) is 4.11. The predicted octanol–water partition coefficient (Wildman–Crippen LogP) is 3.99. The summed E-state index contributed by atoms with van der Waals surface area (Å²) in [5.41, 5.74) is 0.504. The Morgan fingerprint density at radius 1 is 1.32 bits per heavy atom. The molecule has 1 rings (SSSR count). The van der Waals surface area contributed by atoms with Crippen LogP contribution in [0.3, 0.4) is 0 Å². The van der Waals surface area contributed by atoms with Crippen molar-refractivity contribution in [3.8, 4) is 0 Å². The lowest BCUT2D eigenvalue weighted by molar-refractivity contribution is -0.153. The van der Waals surface area contributed by atoms with Crippen LogP contribution in [0.5, 0.6) is 0 Å². The van der Waals surface area contributed by atoms with Gasteiger partial charge in [0.05, 0.1) is 16.6 Å². The quantitative estimate of drug-likeness (QED) is 0.855. The zero-order chi connectivity index (χ0) is 14.6.